The van der Waals surface area contributed by atoms with Crippen molar-refractivity contribution in [2.75, 3.05) is 13.2 Å². The van der Waals surface area contributed by atoms with Gasteiger partial charge in [0.1, 0.15) is 18.1 Å². The first-order valence-corrected chi connectivity index (χ1v) is 9.78. The fraction of sp³-hybridized carbons (Fsp3) is 0.227. The molecule has 158 valence electrons. The van der Waals surface area contributed by atoms with Crippen LogP contribution in [0.3, 0.4) is 0 Å². The third kappa shape index (κ3) is 7.56. The molecule has 8 heteroatoms. The second-order valence-corrected chi connectivity index (χ2v) is 7.12. The molecule has 0 bridgehead atoms. The first kappa shape index (κ1) is 22.9. The van der Waals surface area contributed by atoms with Crippen LogP contribution in [0.15, 0.2) is 61.2 Å². The lowest BCUT2D eigenvalue weighted by Gasteiger charge is -2.12. The summed E-state index contributed by atoms with van der Waals surface area (Å²) in [5.41, 5.74) is 5.75. The van der Waals surface area contributed by atoms with Gasteiger partial charge in [0.2, 0.25) is 0 Å². The molecular formula is C22H25N3O4S. The maximum absolute atomic E-state index is 12.3. The average molecular weight is 428 g/mol. The van der Waals surface area contributed by atoms with Gasteiger partial charge in [-0.25, -0.2) is 0 Å². The number of hydrogen-bond acceptors (Lipinski definition) is 5. The number of carbonyl (C=O) groups excluding carboxylic acids is 2. The summed E-state index contributed by atoms with van der Waals surface area (Å²) in [4.78, 5) is 24.4. The van der Waals surface area contributed by atoms with Crippen LogP contribution >= 0.6 is 12.2 Å². The van der Waals surface area contributed by atoms with E-state index in [9.17, 15) is 9.59 Å². The monoisotopic (exact) mass is 427 g/mol. The van der Waals surface area contributed by atoms with E-state index in [-0.39, 0.29) is 5.11 Å². The van der Waals surface area contributed by atoms with Crippen molar-refractivity contribution in [2.24, 2.45) is 5.92 Å². The summed E-state index contributed by atoms with van der Waals surface area (Å²) < 4.78 is 11.0. The standard InChI is InChI=1S/C22H25N3O4S/c1-4-13-28-18-9-7-17(8-10-18)21(27)24-25-22(30)23-20(26)16-5-11-19(12-6-16)29-14-15(2)3/h4-12,15H,1,13-14H2,2-3H3,(H,24,27)(H2,23,25,26,30). The van der Waals surface area contributed by atoms with E-state index in [1.54, 1.807) is 54.6 Å². The number of amides is 2. The molecule has 0 saturated carbocycles. The van der Waals surface area contributed by atoms with Crippen LogP contribution in [0.1, 0.15) is 34.6 Å². The molecule has 0 spiro atoms. The zero-order chi connectivity index (χ0) is 21.9. The minimum Gasteiger partial charge on any atom is -0.493 e. The van der Waals surface area contributed by atoms with E-state index in [2.05, 4.69) is 36.6 Å². The number of rotatable bonds is 8. The Bertz CT molecular complexity index is 880. The van der Waals surface area contributed by atoms with Crippen molar-refractivity contribution in [1.82, 2.24) is 16.2 Å². The van der Waals surface area contributed by atoms with Crippen LogP contribution < -0.4 is 25.6 Å². The van der Waals surface area contributed by atoms with E-state index >= 15 is 0 Å². The van der Waals surface area contributed by atoms with Crippen LogP contribution in [-0.4, -0.2) is 30.1 Å². The first-order chi connectivity index (χ1) is 14.4. The average Bonchev–Trinajstić information content (AvgIpc) is 2.75. The van der Waals surface area contributed by atoms with E-state index in [1.165, 1.54) is 0 Å². The molecule has 0 aliphatic rings. The molecule has 0 saturated heterocycles. The molecule has 0 atom stereocenters. The van der Waals surface area contributed by atoms with Crippen LogP contribution in [-0.2, 0) is 0 Å². The van der Waals surface area contributed by atoms with Crippen LogP contribution in [0.2, 0.25) is 0 Å². The molecule has 2 amide bonds. The molecule has 0 heterocycles. The Morgan fingerprint density at radius 2 is 1.47 bits per heavy atom. The molecule has 0 aliphatic heterocycles. The molecule has 2 aromatic carbocycles. The van der Waals surface area contributed by atoms with E-state index in [0.29, 0.717) is 41.8 Å². The van der Waals surface area contributed by atoms with Crippen molar-refractivity contribution in [3.05, 3.63) is 72.3 Å². The van der Waals surface area contributed by atoms with Crippen molar-refractivity contribution in [3.63, 3.8) is 0 Å². The van der Waals surface area contributed by atoms with Gasteiger partial charge in [-0.3, -0.25) is 25.8 Å². The number of carbonyl (C=O) groups is 2. The lowest BCUT2D eigenvalue weighted by molar-refractivity contribution is 0.0934. The Morgan fingerprint density at radius 3 is 2.00 bits per heavy atom. The molecule has 0 aliphatic carbocycles. The summed E-state index contributed by atoms with van der Waals surface area (Å²) in [5.74, 6) is 0.918. The minimum atomic E-state index is -0.409. The fourth-order valence-electron chi connectivity index (χ4n) is 2.22. The number of nitrogens with one attached hydrogen (secondary N) is 3. The lowest BCUT2D eigenvalue weighted by atomic mass is 10.2. The zero-order valence-electron chi connectivity index (χ0n) is 16.9. The van der Waals surface area contributed by atoms with E-state index in [4.69, 9.17) is 21.7 Å². The van der Waals surface area contributed by atoms with E-state index < -0.39 is 11.8 Å². The van der Waals surface area contributed by atoms with Gasteiger partial charge >= 0.3 is 0 Å². The first-order valence-electron chi connectivity index (χ1n) is 9.37. The van der Waals surface area contributed by atoms with Gasteiger partial charge in [0.15, 0.2) is 5.11 Å². The quantitative estimate of drug-likeness (QED) is 0.341. The summed E-state index contributed by atoms with van der Waals surface area (Å²) in [6.45, 7) is 8.67. The zero-order valence-corrected chi connectivity index (χ0v) is 17.8. The SMILES string of the molecule is C=CCOc1ccc(C(=O)NNC(=S)NC(=O)c2ccc(OCC(C)C)cc2)cc1. The summed E-state index contributed by atoms with van der Waals surface area (Å²) in [7, 11) is 0. The third-order valence-electron chi connectivity index (χ3n) is 3.70. The summed E-state index contributed by atoms with van der Waals surface area (Å²) in [6, 6.07) is 13.3. The number of hydrogen-bond donors (Lipinski definition) is 3. The highest BCUT2D eigenvalue weighted by atomic mass is 32.1. The summed E-state index contributed by atoms with van der Waals surface area (Å²) in [6.07, 6.45) is 1.63. The van der Waals surface area contributed by atoms with E-state index in [0.717, 1.165) is 0 Å². The molecule has 0 radical (unpaired) electrons. The van der Waals surface area contributed by atoms with Gasteiger partial charge in [-0.05, 0) is 66.7 Å². The maximum Gasteiger partial charge on any atom is 0.269 e. The Hall–Kier alpha value is -3.39. The molecule has 2 aromatic rings. The molecule has 2 rings (SSSR count). The Labute approximate surface area is 181 Å². The largest absolute Gasteiger partial charge is 0.493 e. The van der Waals surface area contributed by atoms with Crippen molar-refractivity contribution >= 4 is 29.1 Å². The predicted molar refractivity (Wildman–Crippen MR) is 120 cm³/mol. The summed E-state index contributed by atoms with van der Waals surface area (Å²) in [5, 5.41) is 2.47. The number of ether oxygens (including phenoxy) is 2. The van der Waals surface area contributed by atoms with Gasteiger partial charge in [-0.1, -0.05) is 26.5 Å². The highest BCUT2D eigenvalue weighted by Crippen LogP contribution is 2.13. The van der Waals surface area contributed by atoms with Gasteiger partial charge in [0, 0.05) is 11.1 Å². The molecule has 0 fully saturated rings. The van der Waals surface area contributed by atoms with Gasteiger partial charge < -0.3 is 9.47 Å². The lowest BCUT2D eigenvalue weighted by Crippen LogP contribution is -2.48. The normalized spacial score (nSPS) is 10.1. The highest BCUT2D eigenvalue weighted by Gasteiger charge is 2.10. The topological polar surface area (TPSA) is 88.7 Å². The van der Waals surface area contributed by atoms with Crippen molar-refractivity contribution in [1.29, 1.82) is 0 Å². The van der Waals surface area contributed by atoms with Gasteiger partial charge in [0.05, 0.1) is 6.61 Å². The van der Waals surface area contributed by atoms with Gasteiger partial charge in [-0.15, -0.1) is 0 Å². The van der Waals surface area contributed by atoms with Gasteiger partial charge in [0.25, 0.3) is 11.8 Å². The second-order valence-electron chi connectivity index (χ2n) is 6.72. The van der Waals surface area contributed by atoms with Crippen molar-refractivity contribution < 1.29 is 19.1 Å². The van der Waals surface area contributed by atoms with Crippen molar-refractivity contribution in [2.45, 2.75) is 13.8 Å². The molecule has 0 unspecified atom stereocenters. The molecular weight excluding hydrogens is 402 g/mol. The minimum absolute atomic E-state index is 0.0283. The van der Waals surface area contributed by atoms with Crippen molar-refractivity contribution in [3.8, 4) is 11.5 Å². The molecule has 3 N–H and O–H groups in total. The smallest absolute Gasteiger partial charge is 0.269 e. The van der Waals surface area contributed by atoms with Crippen LogP contribution in [0.4, 0.5) is 0 Å². The summed E-state index contributed by atoms with van der Waals surface area (Å²) >= 11 is 5.05. The number of thiocarbonyl (C=S) groups is 1. The van der Waals surface area contributed by atoms with Crippen LogP contribution in [0.5, 0.6) is 11.5 Å². The van der Waals surface area contributed by atoms with Crippen LogP contribution in [0, 0.1) is 5.92 Å². The molecule has 0 aromatic heterocycles. The third-order valence-corrected chi connectivity index (χ3v) is 3.90. The number of benzene rings is 2. The Kier molecular flexibility index (Phi) is 8.83. The molecule has 7 nitrogen and oxygen atoms in total. The van der Waals surface area contributed by atoms with Gasteiger partial charge in [-0.2, -0.15) is 0 Å². The maximum atomic E-state index is 12.3. The Balaban J connectivity index is 1.80. The predicted octanol–water partition coefficient (Wildman–Crippen LogP) is 3.24. The fourth-order valence-corrected chi connectivity index (χ4v) is 2.36. The Morgan fingerprint density at radius 1 is 0.933 bits per heavy atom. The number of hydrazine groups is 1. The van der Waals surface area contributed by atoms with Crippen LogP contribution in [0.25, 0.3) is 0 Å². The molecule has 30 heavy (non-hydrogen) atoms. The highest BCUT2D eigenvalue weighted by molar-refractivity contribution is 7.80. The van der Waals surface area contributed by atoms with E-state index in [1.807, 2.05) is 0 Å². The second kappa shape index (κ2) is 11.6.